The van der Waals surface area contributed by atoms with Crippen LogP contribution in [-0.2, 0) is 22.6 Å². The Morgan fingerprint density at radius 1 is 1.14 bits per heavy atom. The van der Waals surface area contributed by atoms with Crippen LogP contribution in [0.4, 0.5) is 0 Å². The van der Waals surface area contributed by atoms with Crippen LogP contribution in [0.25, 0.3) is 6.08 Å². The normalized spacial score (nSPS) is 17.5. The molecule has 1 fully saturated rings. The molecule has 9 nitrogen and oxygen atoms in total. The molecule has 4 aromatic rings. The van der Waals surface area contributed by atoms with Gasteiger partial charge in [-0.2, -0.15) is 0 Å². The summed E-state index contributed by atoms with van der Waals surface area (Å²) >= 11 is 6.06. The zero-order valence-corrected chi connectivity index (χ0v) is 24.2. The van der Waals surface area contributed by atoms with Crippen molar-refractivity contribution in [2.24, 2.45) is 0 Å². The molecule has 42 heavy (non-hydrogen) atoms. The van der Waals surface area contributed by atoms with E-state index in [1.165, 1.54) is 11.6 Å². The molecule has 4 heterocycles. The molecule has 2 aliphatic rings. The predicted molar refractivity (Wildman–Crippen MR) is 158 cm³/mol. The number of piperidine rings is 1. The molecular weight excluding hydrogens is 556 g/mol. The van der Waals surface area contributed by atoms with Crippen LogP contribution >= 0.6 is 11.6 Å². The van der Waals surface area contributed by atoms with Crippen LogP contribution in [0, 0.1) is 0 Å². The predicted octanol–water partition coefficient (Wildman–Crippen LogP) is 6.04. The second kappa shape index (κ2) is 12.8. The minimum Gasteiger partial charge on any atom is -0.485 e. The summed E-state index contributed by atoms with van der Waals surface area (Å²) in [5, 5.41) is 0.703. The summed E-state index contributed by atoms with van der Waals surface area (Å²) in [4.78, 5) is 23.3. The summed E-state index contributed by atoms with van der Waals surface area (Å²) in [6.45, 7) is 5.55. The number of esters is 1. The molecule has 0 radical (unpaired) electrons. The molecule has 2 aromatic heterocycles. The number of carbonyl (C=O) groups is 1. The summed E-state index contributed by atoms with van der Waals surface area (Å²) in [5.74, 6) is 3.13. The van der Waals surface area contributed by atoms with Crippen LogP contribution < -0.4 is 9.47 Å². The summed E-state index contributed by atoms with van der Waals surface area (Å²) < 4.78 is 25.2. The topological polar surface area (TPSA) is 91.9 Å². The number of aromatic nitrogens is 3. The number of benzene rings is 2. The molecule has 218 valence electrons. The Kier molecular flexibility index (Phi) is 8.58. The maximum Gasteiger partial charge on any atom is 0.330 e. The van der Waals surface area contributed by atoms with E-state index in [0.717, 1.165) is 48.8 Å². The minimum atomic E-state index is -0.388. The van der Waals surface area contributed by atoms with Gasteiger partial charge in [0.15, 0.2) is 17.6 Å². The molecule has 0 unspecified atom stereocenters. The molecule has 10 heteroatoms. The molecule has 0 saturated carbocycles. The molecule has 0 spiro atoms. The minimum absolute atomic E-state index is 0.163. The number of ether oxygens (including phenoxy) is 3. The Balaban J connectivity index is 1.11. The highest BCUT2D eigenvalue weighted by Crippen LogP contribution is 2.44. The van der Waals surface area contributed by atoms with Crippen LogP contribution in [0.1, 0.15) is 60.3 Å². The van der Waals surface area contributed by atoms with Gasteiger partial charge in [0.2, 0.25) is 5.89 Å². The highest BCUT2D eigenvalue weighted by molar-refractivity contribution is 6.30. The number of para-hydroxylation sites is 1. The van der Waals surface area contributed by atoms with E-state index < -0.39 is 0 Å². The molecule has 0 bridgehead atoms. The van der Waals surface area contributed by atoms with Crippen molar-refractivity contribution in [3.63, 3.8) is 0 Å². The lowest BCUT2D eigenvalue weighted by Gasteiger charge is -2.34. The summed E-state index contributed by atoms with van der Waals surface area (Å²) in [5.41, 5.74) is 2.94. The Bertz CT molecular complexity index is 1520. The third kappa shape index (κ3) is 6.53. The first kappa shape index (κ1) is 28.1. The van der Waals surface area contributed by atoms with E-state index in [1.54, 1.807) is 25.5 Å². The lowest BCUT2D eigenvalue weighted by molar-refractivity contribution is -0.137. The Labute approximate surface area is 249 Å². The third-order valence-corrected chi connectivity index (χ3v) is 7.89. The molecule has 1 atom stereocenters. The quantitative estimate of drug-likeness (QED) is 0.173. The van der Waals surface area contributed by atoms with E-state index in [-0.39, 0.29) is 12.1 Å². The molecular formula is C32H33ClN4O5. The molecule has 0 aliphatic carbocycles. The van der Waals surface area contributed by atoms with Gasteiger partial charge in [0, 0.05) is 22.9 Å². The van der Waals surface area contributed by atoms with Crippen molar-refractivity contribution in [1.29, 1.82) is 0 Å². The second-order valence-corrected chi connectivity index (χ2v) is 10.9. The standard InChI is InChI=1S/C32H33ClN4O5/c1-2-39-31(38)11-10-25-18-37(20-30-34-14-17-40-30)29(35-25)19-36-15-12-22(13-16-36)26-4-3-5-27-32(26)41-21-28(42-27)23-6-8-24(33)9-7-23/h3-11,14,17-18,22,28H,2,12-13,15-16,19-21H2,1H3/b11-10+/t28-/m0/s1. The molecule has 1 saturated heterocycles. The van der Waals surface area contributed by atoms with Crippen molar-refractivity contribution < 1.29 is 23.4 Å². The Morgan fingerprint density at radius 2 is 1.98 bits per heavy atom. The van der Waals surface area contributed by atoms with Gasteiger partial charge in [-0.1, -0.05) is 35.9 Å². The third-order valence-electron chi connectivity index (χ3n) is 7.64. The van der Waals surface area contributed by atoms with Crippen molar-refractivity contribution in [1.82, 2.24) is 19.4 Å². The number of halogens is 1. The Morgan fingerprint density at radius 3 is 2.74 bits per heavy atom. The lowest BCUT2D eigenvalue weighted by Crippen LogP contribution is -2.33. The fourth-order valence-corrected chi connectivity index (χ4v) is 5.66. The number of hydrogen-bond donors (Lipinski definition) is 0. The van der Waals surface area contributed by atoms with Gasteiger partial charge in [-0.3, -0.25) is 4.90 Å². The molecule has 0 N–H and O–H groups in total. The fraction of sp³-hybridized carbons (Fsp3) is 0.344. The molecule has 2 aromatic carbocycles. The van der Waals surface area contributed by atoms with Crippen LogP contribution in [-0.4, -0.2) is 51.7 Å². The first-order valence-electron chi connectivity index (χ1n) is 14.2. The van der Waals surface area contributed by atoms with Crippen LogP contribution in [0.3, 0.4) is 0 Å². The first-order valence-corrected chi connectivity index (χ1v) is 14.6. The monoisotopic (exact) mass is 588 g/mol. The summed E-state index contributed by atoms with van der Waals surface area (Å²) in [7, 11) is 0. The van der Waals surface area contributed by atoms with Gasteiger partial charge in [0.25, 0.3) is 0 Å². The van der Waals surface area contributed by atoms with Gasteiger partial charge in [0.1, 0.15) is 25.2 Å². The lowest BCUT2D eigenvalue weighted by atomic mass is 9.88. The smallest absolute Gasteiger partial charge is 0.330 e. The van der Waals surface area contributed by atoms with Gasteiger partial charge in [-0.15, -0.1) is 0 Å². The van der Waals surface area contributed by atoms with Crippen molar-refractivity contribution in [2.45, 2.75) is 44.9 Å². The van der Waals surface area contributed by atoms with Crippen LogP contribution in [0.5, 0.6) is 11.5 Å². The largest absolute Gasteiger partial charge is 0.485 e. The highest BCUT2D eigenvalue weighted by Gasteiger charge is 2.30. The number of fused-ring (bicyclic) bond motifs is 1. The first-order chi connectivity index (χ1) is 20.6. The number of nitrogens with zero attached hydrogens (tertiary/aromatic N) is 4. The van der Waals surface area contributed by atoms with E-state index >= 15 is 0 Å². The maximum atomic E-state index is 11.8. The molecule has 2 aliphatic heterocycles. The second-order valence-electron chi connectivity index (χ2n) is 10.4. The van der Waals surface area contributed by atoms with Crippen molar-refractivity contribution in [2.75, 3.05) is 26.3 Å². The zero-order chi connectivity index (χ0) is 28.9. The number of carbonyl (C=O) groups excluding carboxylic acids is 1. The highest BCUT2D eigenvalue weighted by atomic mass is 35.5. The summed E-state index contributed by atoms with van der Waals surface area (Å²) in [6, 6.07) is 13.9. The van der Waals surface area contributed by atoms with Crippen molar-refractivity contribution >= 4 is 23.6 Å². The molecule has 0 amide bonds. The van der Waals surface area contributed by atoms with Crippen LogP contribution in [0.2, 0.25) is 5.02 Å². The van der Waals surface area contributed by atoms with E-state index in [2.05, 4.69) is 22.0 Å². The Hall–Kier alpha value is -4.08. The van der Waals surface area contributed by atoms with E-state index in [0.29, 0.717) is 48.8 Å². The maximum absolute atomic E-state index is 11.8. The number of hydrogen-bond acceptors (Lipinski definition) is 8. The van der Waals surface area contributed by atoms with Gasteiger partial charge < -0.3 is 23.2 Å². The van der Waals surface area contributed by atoms with Gasteiger partial charge in [-0.25, -0.2) is 14.8 Å². The van der Waals surface area contributed by atoms with Crippen molar-refractivity contribution in [3.8, 4) is 11.5 Å². The fourth-order valence-electron chi connectivity index (χ4n) is 5.53. The number of likely N-dealkylation sites (tertiary alicyclic amines) is 1. The zero-order valence-electron chi connectivity index (χ0n) is 23.4. The SMILES string of the molecule is CCOC(=O)/C=C/c1cn(Cc2ncco2)c(CN2CCC(c3cccc4c3OC[C@@H](c3ccc(Cl)cc3)O4)CC2)n1. The number of imidazole rings is 1. The van der Waals surface area contributed by atoms with Gasteiger partial charge in [-0.05, 0) is 68.6 Å². The average molecular weight is 589 g/mol. The van der Waals surface area contributed by atoms with Gasteiger partial charge >= 0.3 is 5.97 Å². The van der Waals surface area contributed by atoms with Crippen molar-refractivity contribution in [3.05, 3.63) is 101 Å². The molecule has 6 rings (SSSR count). The van der Waals surface area contributed by atoms with Crippen LogP contribution in [0.15, 0.2) is 71.6 Å². The van der Waals surface area contributed by atoms with Gasteiger partial charge in [0.05, 0.1) is 25.0 Å². The average Bonchev–Trinajstić information content (AvgIpc) is 3.66. The summed E-state index contributed by atoms with van der Waals surface area (Å²) in [6.07, 6.45) is 10.0. The van der Waals surface area contributed by atoms with E-state index in [9.17, 15) is 4.79 Å². The van der Waals surface area contributed by atoms with E-state index in [1.807, 2.05) is 41.1 Å². The number of rotatable bonds is 9. The van der Waals surface area contributed by atoms with E-state index in [4.69, 9.17) is 35.2 Å². The number of oxazole rings is 1.